The molecule has 1 aromatic carbocycles. The van der Waals surface area contributed by atoms with E-state index in [0.29, 0.717) is 6.07 Å². The highest BCUT2D eigenvalue weighted by Gasteiger charge is 2.63. The zero-order valence-corrected chi connectivity index (χ0v) is 11.7. The van der Waals surface area contributed by atoms with Crippen LogP contribution in [-0.4, -0.2) is 23.4 Å². The van der Waals surface area contributed by atoms with Crippen LogP contribution in [0.3, 0.4) is 0 Å². The van der Waals surface area contributed by atoms with Crippen molar-refractivity contribution in [3.63, 3.8) is 0 Å². The Kier molecular flexibility index (Phi) is 5.28. The van der Waals surface area contributed by atoms with E-state index in [1.807, 2.05) is 0 Å². The summed E-state index contributed by atoms with van der Waals surface area (Å²) in [7, 11) is 0. The van der Waals surface area contributed by atoms with E-state index in [1.165, 1.54) is 0 Å². The van der Waals surface area contributed by atoms with Crippen LogP contribution in [0.5, 0.6) is 0 Å². The van der Waals surface area contributed by atoms with E-state index < -0.39 is 42.2 Å². The molecule has 0 spiro atoms. The molecule has 1 N–H and O–H groups in total. The second kappa shape index (κ2) is 6.04. The highest BCUT2D eigenvalue weighted by molar-refractivity contribution is 14.1. The molecule has 114 valence electrons. The van der Waals surface area contributed by atoms with Crippen LogP contribution in [0, 0.1) is 9.39 Å². The molecule has 0 heterocycles. The summed E-state index contributed by atoms with van der Waals surface area (Å²) in [6, 6.07) is 2.84. The Labute approximate surface area is 122 Å². The van der Waals surface area contributed by atoms with Crippen molar-refractivity contribution in [3.05, 3.63) is 33.1 Å². The summed E-state index contributed by atoms with van der Waals surface area (Å²) >= 11 is 1.59. The van der Waals surface area contributed by atoms with E-state index in [0.717, 1.165) is 12.1 Å². The van der Waals surface area contributed by atoms with Crippen molar-refractivity contribution in [1.82, 2.24) is 0 Å². The molecular formula is C11H8F7IO. The molecule has 0 radical (unpaired) electrons. The molecule has 2 unspecified atom stereocenters. The van der Waals surface area contributed by atoms with Gasteiger partial charge in [0.05, 0.1) is 6.10 Å². The molecular weight excluding hydrogens is 408 g/mol. The largest absolute Gasteiger partial charge is 0.428 e. The Morgan fingerprint density at radius 3 is 2.10 bits per heavy atom. The Bertz CT molecular complexity index is 476. The summed E-state index contributed by atoms with van der Waals surface area (Å²) in [4.78, 5) is 0. The summed E-state index contributed by atoms with van der Waals surface area (Å²) in [6.07, 6.45) is -14.3. The molecule has 2 atom stereocenters. The molecule has 20 heavy (non-hydrogen) atoms. The number of aliphatic hydroxyl groups is 1. The molecule has 0 aliphatic carbocycles. The van der Waals surface area contributed by atoms with E-state index in [-0.39, 0.29) is 3.57 Å². The van der Waals surface area contributed by atoms with E-state index in [9.17, 15) is 35.8 Å². The minimum Gasteiger partial charge on any atom is -0.388 e. The number of hydrogen-bond donors (Lipinski definition) is 1. The number of rotatable bonds is 4. The minimum absolute atomic E-state index is 0.120. The maximum Gasteiger partial charge on any atom is 0.428 e. The van der Waals surface area contributed by atoms with Gasteiger partial charge in [-0.2, -0.15) is 13.2 Å². The molecule has 1 rings (SSSR count). The number of hydrogen-bond acceptors (Lipinski definition) is 1. The first-order valence-corrected chi connectivity index (χ1v) is 6.23. The Morgan fingerprint density at radius 2 is 1.70 bits per heavy atom. The molecule has 1 nitrogen and oxygen atoms in total. The summed E-state index contributed by atoms with van der Waals surface area (Å²) < 4.78 is 88.3. The van der Waals surface area contributed by atoms with Gasteiger partial charge in [-0.25, -0.2) is 17.6 Å². The molecule has 0 aliphatic rings. The second-order valence-electron chi connectivity index (χ2n) is 4.05. The van der Waals surface area contributed by atoms with Gasteiger partial charge in [-0.1, -0.05) is 6.07 Å². The third-order valence-corrected chi connectivity index (χ3v) is 3.51. The van der Waals surface area contributed by atoms with Crippen LogP contribution in [0.25, 0.3) is 0 Å². The first-order valence-electron chi connectivity index (χ1n) is 5.16. The lowest BCUT2D eigenvalue weighted by Gasteiger charge is -2.29. The van der Waals surface area contributed by atoms with Crippen LogP contribution in [0.2, 0.25) is 0 Å². The van der Waals surface area contributed by atoms with Gasteiger partial charge in [-0.15, -0.1) is 0 Å². The molecule has 0 bridgehead atoms. The van der Waals surface area contributed by atoms with Crippen molar-refractivity contribution in [2.75, 3.05) is 0 Å². The van der Waals surface area contributed by atoms with Crippen LogP contribution in [0.4, 0.5) is 30.7 Å². The average molecular weight is 416 g/mol. The van der Waals surface area contributed by atoms with Gasteiger partial charge in [0, 0.05) is 9.99 Å². The van der Waals surface area contributed by atoms with Crippen LogP contribution >= 0.6 is 22.6 Å². The SMILES string of the molecule is OC(CC(F)(C(F)F)C(F)(F)F)c1ccc(I)c(F)c1. The number of halogens is 8. The van der Waals surface area contributed by atoms with Gasteiger partial charge in [0.25, 0.3) is 12.1 Å². The van der Waals surface area contributed by atoms with E-state index in [2.05, 4.69) is 0 Å². The van der Waals surface area contributed by atoms with E-state index in [4.69, 9.17) is 0 Å². The molecule has 0 aromatic heterocycles. The predicted octanol–water partition coefficient (Wildman–Crippen LogP) is 4.39. The van der Waals surface area contributed by atoms with Crippen molar-refractivity contribution in [1.29, 1.82) is 0 Å². The minimum atomic E-state index is -5.84. The number of benzene rings is 1. The Morgan fingerprint density at radius 1 is 1.15 bits per heavy atom. The van der Waals surface area contributed by atoms with Gasteiger partial charge >= 0.3 is 6.18 Å². The number of aliphatic hydroxyl groups excluding tert-OH is 1. The first-order chi connectivity index (χ1) is 8.99. The lowest BCUT2D eigenvalue weighted by molar-refractivity contribution is -0.276. The van der Waals surface area contributed by atoms with Gasteiger partial charge < -0.3 is 5.11 Å². The fourth-order valence-electron chi connectivity index (χ4n) is 1.45. The summed E-state index contributed by atoms with van der Waals surface area (Å²) in [5.41, 5.74) is -5.26. The molecule has 0 aliphatic heterocycles. The fourth-order valence-corrected chi connectivity index (χ4v) is 1.78. The van der Waals surface area contributed by atoms with Gasteiger partial charge in [0.1, 0.15) is 5.82 Å². The van der Waals surface area contributed by atoms with Crippen molar-refractivity contribution >= 4 is 22.6 Å². The van der Waals surface area contributed by atoms with Gasteiger partial charge in [-0.05, 0) is 40.3 Å². The maximum atomic E-state index is 13.4. The molecule has 0 saturated carbocycles. The first kappa shape index (κ1) is 17.5. The summed E-state index contributed by atoms with van der Waals surface area (Å²) in [5, 5.41) is 9.44. The number of alkyl halides is 6. The van der Waals surface area contributed by atoms with Gasteiger partial charge in [0.2, 0.25) is 0 Å². The standard InChI is InChI=1S/C11H8F7IO/c12-6-3-5(1-2-7(6)19)8(20)4-10(15,9(13)14)11(16,17)18/h1-3,8-9,20H,4H2. The highest BCUT2D eigenvalue weighted by Crippen LogP contribution is 2.44. The lowest BCUT2D eigenvalue weighted by Crippen LogP contribution is -2.48. The highest BCUT2D eigenvalue weighted by atomic mass is 127. The van der Waals surface area contributed by atoms with Crippen molar-refractivity contribution in [3.8, 4) is 0 Å². The summed E-state index contributed by atoms with van der Waals surface area (Å²) in [6.45, 7) is 0. The van der Waals surface area contributed by atoms with Crippen molar-refractivity contribution < 1.29 is 35.8 Å². The Hall–Kier alpha value is -0.580. The summed E-state index contributed by atoms with van der Waals surface area (Å²) in [5.74, 6) is -0.851. The second-order valence-corrected chi connectivity index (χ2v) is 5.22. The van der Waals surface area contributed by atoms with Crippen LogP contribution < -0.4 is 0 Å². The van der Waals surface area contributed by atoms with Crippen LogP contribution in [0.15, 0.2) is 18.2 Å². The smallest absolute Gasteiger partial charge is 0.388 e. The predicted molar refractivity (Wildman–Crippen MR) is 64.6 cm³/mol. The molecule has 0 saturated heterocycles. The average Bonchev–Trinajstić information content (AvgIpc) is 2.30. The monoisotopic (exact) mass is 416 g/mol. The maximum absolute atomic E-state index is 13.4. The van der Waals surface area contributed by atoms with Crippen molar-refractivity contribution in [2.24, 2.45) is 0 Å². The molecule has 1 aromatic rings. The zero-order chi connectivity index (χ0) is 15.7. The van der Waals surface area contributed by atoms with Crippen LogP contribution in [-0.2, 0) is 0 Å². The molecule has 0 amide bonds. The normalized spacial score (nSPS) is 17.1. The lowest BCUT2D eigenvalue weighted by atomic mass is 9.94. The topological polar surface area (TPSA) is 20.2 Å². The van der Waals surface area contributed by atoms with Crippen LogP contribution in [0.1, 0.15) is 18.1 Å². The van der Waals surface area contributed by atoms with Gasteiger partial charge in [0.15, 0.2) is 0 Å². The van der Waals surface area contributed by atoms with Gasteiger partial charge in [-0.3, -0.25) is 0 Å². The molecule has 0 fully saturated rings. The third-order valence-electron chi connectivity index (χ3n) is 2.64. The fraction of sp³-hybridized carbons (Fsp3) is 0.455. The molecule has 9 heteroatoms. The zero-order valence-electron chi connectivity index (χ0n) is 9.56. The Balaban J connectivity index is 3.03. The van der Waals surface area contributed by atoms with Crippen molar-refractivity contribution in [2.45, 2.75) is 30.8 Å². The quantitative estimate of drug-likeness (QED) is 0.571. The third kappa shape index (κ3) is 3.54. The van der Waals surface area contributed by atoms with E-state index in [1.54, 1.807) is 22.6 Å². The van der Waals surface area contributed by atoms with E-state index >= 15 is 0 Å².